The molecule has 2 aliphatic rings. The molecule has 4 rings (SSSR count). The molecular weight excluding hydrogens is 386 g/mol. The SMILES string of the molecule is COc1cc(N)c(Cl)cc1C(=O)NC1CC(C)N2CC(c3ccccc3)CC2C1. The lowest BCUT2D eigenvalue weighted by molar-refractivity contribution is 0.0823. The van der Waals surface area contributed by atoms with E-state index in [1.54, 1.807) is 12.1 Å². The fourth-order valence-corrected chi connectivity index (χ4v) is 5.11. The van der Waals surface area contributed by atoms with Crippen LogP contribution in [0.3, 0.4) is 0 Å². The monoisotopic (exact) mass is 413 g/mol. The summed E-state index contributed by atoms with van der Waals surface area (Å²) in [6.07, 6.45) is 3.04. The van der Waals surface area contributed by atoms with Crippen molar-refractivity contribution < 1.29 is 9.53 Å². The van der Waals surface area contributed by atoms with Crippen molar-refractivity contribution in [2.45, 2.75) is 50.2 Å². The standard InChI is InChI=1S/C23H28ClN3O2/c1-14-8-17(26-23(28)19-11-20(24)21(25)12-22(19)29-2)10-18-9-16(13-27(14)18)15-6-4-3-5-7-15/h3-7,11-12,14,16-18H,8-10,13,25H2,1-2H3,(H,26,28). The lowest BCUT2D eigenvalue weighted by Gasteiger charge is -2.40. The number of nitrogens with zero attached hydrogens (tertiary/aromatic N) is 1. The molecule has 2 heterocycles. The van der Waals surface area contributed by atoms with E-state index >= 15 is 0 Å². The quantitative estimate of drug-likeness (QED) is 0.741. The van der Waals surface area contributed by atoms with Gasteiger partial charge in [-0.3, -0.25) is 9.69 Å². The maximum atomic E-state index is 12.9. The van der Waals surface area contributed by atoms with Gasteiger partial charge >= 0.3 is 0 Å². The summed E-state index contributed by atoms with van der Waals surface area (Å²) in [6, 6.07) is 15.0. The highest BCUT2D eigenvalue weighted by Crippen LogP contribution is 2.39. The predicted octanol–water partition coefficient (Wildman–Crippen LogP) is 4.07. The van der Waals surface area contributed by atoms with Gasteiger partial charge in [0, 0.05) is 30.7 Å². The van der Waals surface area contributed by atoms with Gasteiger partial charge in [0.2, 0.25) is 0 Å². The van der Waals surface area contributed by atoms with E-state index in [0.717, 1.165) is 25.8 Å². The number of carbonyl (C=O) groups excluding carboxylic acids is 1. The van der Waals surface area contributed by atoms with E-state index in [1.807, 2.05) is 0 Å². The second kappa shape index (κ2) is 8.25. The van der Waals surface area contributed by atoms with Gasteiger partial charge in [-0.05, 0) is 43.7 Å². The van der Waals surface area contributed by atoms with Crippen LogP contribution in [-0.4, -0.2) is 42.6 Å². The lowest BCUT2D eigenvalue weighted by Crippen LogP contribution is -2.51. The largest absolute Gasteiger partial charge is 0.496 e. The molecule has 0 spiro atoms. The van der Waals surface area contributed by atoms with Gasteiger partial charge in [-0.25, -0.2) is 0 Å². The number of rotatable bonds is 4. The van der Waals surface area contributed by atoms with E-state index in [-0.39, 0.29) is 11.9 Å². The minimum absolute atomic E-state index is 0.134. The van der Waals surface area contributed by atoms with Gasteiger partial charge in [0.25, 0.3) is 5.91 Å². The Labute approximate surface area is 177 Å². The Morgan fingerprint density at radius 1 is 1.21 bits per heavy atom. The molecule has 4 atom stereocenters. The van der Waals surface area contributed by atoms with Gasteiger partial charge < -0.3 is 15.8 Å². The molecule has 4 unspecified atom stereocenters. The van der Waals surface area contributed by atoms with Crippen LogP contribution in [0.1, 0.15) is 48.0 Å². The Morgan fingerprint density at radius 3 is 2.69 bits per heavy atom. The zero-order valence-electron chi connectivity index (χ0n) is 16.9. The third-order valence-electron chi connectivity index (χ3n) is 6.37. The highest BCUT2D eigenvalue weighted by atomic mass is 35.5. The van der Waals surface area contributed by atoms with Crippen molar-refractivity contribution in [2.75, 3.05) is 19.4 Å². The second-order valence-electron chi connectivity index (χ2n) is 8.26. The average molecular weight is 414 g/mol. The molecule has 0 radical (unpaired) electrons. The van der Waals surface area contributed by atoms with E-state index in [0.29, 0.717) is 40.0 Å². The van der Waals surface area contributed by atoms with Gasteiger partial charge in [0.05, 0.1) is 23.4 Å². The van der Waals surface area contributed by atoms with Crippen LogP contribution in [0.4, 0.5) is 5.69 Å². The zero-order valence-corrected chi connectivity index (χ0v) is 17.7. The summed E-state index contributed by atoms with van der Waals surface area (Å²) in [4.78, 5) is 15.5. The number of hydrogen-bond donors (Lipinski definition) is 2. The molecule has 29 heavy (non-hydrogen) atoms. The highest BCUT2D eigenvalue weighted by Gasteiger charge is 2.41. The van der Waals surface area contributed by atoms with E-state index in [1.165, 1.54) is 12.7 Å². The first-order chi connectivity index (χ1) is 14.0. The topological polar surface area (TPSA) is 67.6 Å². The number of hydrogen-bond acceptors (Lipinski definition) is 4. The number of amides is 1. The zero-order chi connectivity index (χ0) is 20.5. The first kappa shape index (κ1) is 20.0. The highest BCUT2D eigenvalue weighted by molar-refractivity contribution is 6.33. The number of carbonyl (C=O) groups is 1. The maximum Gasteiger partial charge on any atom is 0.255 e. The number of piperidine rings is 1. The van der Waals surface area contributed by atoms with Crippen molar-refractivity contribution in [3.63, 3.8) is 0 Å². The molecule has 6 heteroatoms. The number of nitrogens with one attached hydrogen (secondary N) is 1. The smallest absolute Gasteiger partial charge is 0.255 e. The van der Waals surface area contributed by atoms with Crippen LogP contribution in [0.5, 0.6) is 5.75 Å². The number of anilines is 1. The van der Waals surface area contributed by atoms with Crippen molar-refractivity contribution in [1.82, 2.24) is 10.2 Å². The Balaban J connectivity index is 1.45. The summed E-state index contributed by atoms with van der Waals surface area (Å²) in [7, 11) is 1.53. The number of benzene rings is 2. The number of nitrogen functional groups attached to an aromatic ring is 1. The van der Waals surface area contributed by atoms with Crippen molar-refractivity contribution in [3.05, 3.63) is 58.6 Å². The Bertz CT molecular complexity index is 889. The maximum absolute atomic E-state index is 12.9. The van der Waals surface area contributed by atoms with Crippen molar-refractivity contribution in [1.29, 1.82) is 0 Å². The fourth-order valence-electron chi connectivity index (χ4n) is 4.95. The summed E-state index contributed by atoms with van der Waals surface area (Å²) in [5.41, 5.74) is 8.08. The molecule has 2 saturated heterocycles. The van der Waals surface area contributed by atoms with Crippen LogP contribution in [0.2, 0.25) is 5.02 Å². The van der Waals surface area contributed by atoms with Crippen LogP contribution in [0.15, 0.2) is 42.5 Å². The van der Waals surface area contributed by atoms with Crippen LogP contribution < -0.4 is 15.8 Å². The molecule has 0 bridgehead atoms. The predicted molar refractivity (Wildman–Crippen MR) is 117 cm³/mol. The number of fused-ring (bicyclic) bond motifs is 1. The van der Waals surface area contributed by atoms with Gasteiger partial charge in [-0.15, -0.1) is 0 Å². The Kier molecular flexibility index (Phi) is 5.70. The molecule has 1 amide bonds. The first-order valence-electron chi connectivity index (χ1n) is 10.2. The van der Waals surface area contributed by atoms with Gasteiger partial charge in [-0.1, -0.05) is 41.9 Å². The average Bonchev–Trinajstić information content (AvgIpc) is 3.15. The number of methoxy groups -OCH3 is 1. The molecule has 2 aliphatic heterocycles. The van der Waals surface area contributed by atoms with Gasteiger partial charge in [0.15, 0.2) is 0 Å². The third kappa shape index (κ3) is 4.07. The Morgan fingerprint density at radius 2 is 1.97 bits per heavy atom. The lowest BCUT2D eigenvalue weighted by atomic mass is 9.90. The summed E-state index contributed by atoms with van der Waals surface area (Å²) in [5.74, 6) is 0.848. The molecule has 2 fully saturated rings. The van der Waals surface area contributed by atoms with Crippen molar-refractivity contribution >= 4 is 23.2 Å². The molecule has 2 aromatic carbocycles. The van der Waals surface area contributed by atoms with Crippen LogP contribution in [0.25, 0.3) is 0 Å². The van der Waals surface area contributed by atoms with E-state index in [2.05, 4.69) is 47.5 Å². The van der Waals surface area contributed by atoms with Crippen LogP contribution in [0, 0.1) is 0 Å². The summed E-state index contributed by atoms with van der Waals surface area (Å²) in [5, 5.41) is 3.57. The van der Waals surface area contributed by atoms with Gasteiger partial charge in [0.1, 0.15) is 5.75 Å². The van der Waals surface area contributed by atoms with Crippen LogP contribution in [-0.2, 0) is 0 Å². The van der Waals surface area contributed by atoms with E-state index in [9.17, 15) is 4.79 Å². The van der Waals surface area contributed by atoms with E-state index in [4.69, 9.17) is 22.1 Å². The van der Waals surface area contributed by atoms with Crippen molar-refractivity contribution in [2.24, 2.45) is 0 Å². The van der Waals surface area contributed by atoms with E-state index < -0.39 is 0 Å². The molecule has 154 valence electrons. The fraction of sp³-hybridized carbons (Fsp3) is 0.435. The molecular formula is C23H28ClN3O2. The van der Waals surface area contributed by atoms with Crippen LogP contribution >= 0.6 is 11.6 Å². The molecule has 0 aromatic heterocycles. The number of ether oxygens (including phenoxy) is 1. The molecule has 5 nitrogen and oxygen atoms in total. The Hall–Kier alpha value is -2.24. The molecule has 0 saturated carbocycles. The summed E-state index contributed by atoms with van der Waals surface area (Å²) in [6.45, 7) is 3.36. The summed E-state index contributed by atoms with van der Waals surface area (Å²) >= 11 is 6.13. The van der Waals surface area contributed by atoms with Crippen molar-refractivity contribution in [3.8, 4) is 5.75 Å². The first-order valence-corrected chi connectivity index (χ1v) is 10.6. The normalized spacial score (nSPS) is 26.7. The molecule has 0 aliphatic carbocycles. The second-order valence-corrected chi connectivity index (χ2v) is 8.67. The van der Waals surface area contributed by atoms with Gasteiger partial charge in [-0.2, -0.15) is 0 Å². The molecule has 3 N–H and O–H groups in total. The number of nitrogens with two attached hydrogens (primary N) is 1. The minimum atomic E-state index is -0.160. The third-order valence-corrected chi connectivity index (χ3v) is 6.70. The summed E-state index contributed by atoms with van der Waals surface area (Å²) < 4.78 is 5.34. The molecule has 2 aromatic rings. The minimum Gasteiger partial charge on any atom is -0.496 e. The number of halogens is 1.